The van der Waals surface area contributed by atoms with Gasteiger partial charge in [-0.15, -0.1) is 0 Å². The van der Waals surface area contributed by atoms with E-state index in [2.05, 4.69) is 28.9 Å². The summed E-state index contributed by atoms with van der Waals surface area (Å²) >= 11 is 3.38. The molecule has 0 saturated carbocycles. The molecule has 0 radical (unpaired) electrons. The van der Waals surface area contributed by atoms with E-state index in [-0.39, 0.29) is 0 Å². The highest BCUT2D eigenvalue weighted by Crippen LogP contribution is 2.14. The zero-order chi connectivity index (χ0) is 9.56. The van der Waals surface area contributed by atoms with Gasteiger partial charge in [-0.2, -0.15) is 0 Å². The number of hydrogen-bond acceptors (Lipinski definition) is 2. The Morgan fingerprint density at radius 1 is 1.42 bits per heavy atom. The molecule has 68 valence electrons. The number of benzene rings is 1. The molecule has 0 aromatic heterocycles. The number of hydrogen-bond donors (Lipinski definition) is 2. The van der Waals surface area contributed by atoms with Crippen LogP contribution in [0.4, 0.5) is 0 Å². The van der Waals surface area contributed by atoms with Crippen molar-refractivity contribution in [3.8, 4) is 0 Å². The Labute approximate surface area is 81.5 Å². The Kier molecular flexibility index (Phi) is 5.98. The Morgan fingerprint density at radius 2 is 2.00 bits per heavy atom. The maximum absolute atomic E-state index is 7.00. The van der Waals surface area contributed by atoms with Gasteiger partial charge in [-0.1, -0.05) is 22.0 Å². The average Bonchev–Trinajstić information content (AvgIpc) is 2.08. The first kappa shape index (κ1) is 11.6. The van der Waals surface area contributed by atoms with Crippen LogP contribution < -0.4 is 5.73 Å². The summed E-state index contributed by atoms with van der Waals surface area (Å²) in [6.45, 7) is 2.69. The van der Waals surface area contributed by atoms with E-state index >= 15 is 0 Å². The molecule has 0 aliphatic rings. The first-order valence-corrected chi connectivity index (χ1v) is 4.43. The Balaban J connectivity index is 0.000000561. The summed E-state index contributed by atoms with van der Waals surface area (Å²) in [5.74, 6) is 0. The van der Waals surface area contributed by atoms with Gasteiger partial charge in [0.15, 0.2) is 0 Å². The van der Waals surface area contributed by atoms with Crippen LogP contribution in [0.25, 0.3) is 0 Å². The van der Waals surface area contributed by atoms with Crippen molar-refractivity contribution in [1.82, 2.24) is 0 Å². The number of halogens is 1. The molecule has 0 aliphatic heterocycles. The zero-order valence-corrected chi connectivity index (χ0v) is 8.93. The smallest absolute Gasteiger partial charge is 0.0319 e. The molecule has 0 atom stereocenters. The largest absolute Gasteiger partial charge is 0.400 e. The van der Waals surface area contributed by atoms with Gasteiger partial charge >= 0.3 is 0 Å². The van der Waals surface area contributed by atoms with E-state index < -0.39 is 0 Å². The summed E-state index contributed by atoms with van der Waals surface area (Å²) < 4.78 is 1.11. The van der Waals surface area contributed by atoms with Crippen LogP contribution in [0.1, 0.15) is 11.1 Å². The van der Waals surface area contributed by atoms with Crippen LogP contribution in [0.3, 0.4) is 0 Å². The van der Waals surface area contributed by atoms with Crippen molar-refractivity contribution in [1.29, 1.82) is 0 Å². The van der Waals surface area contributed by atoms with Gasteiger partial charge < -0.3 is 10.8 Å². The van der Waals surface area contributed by atoms with Crippen LogP contribution in [0.15, 0.2) is 22.7 Å². The van der Waals surface area contributed by atoms with Crippen molar-refractivity contribution in [2.45, 2.75) is 13.5 Å². The number of aliphatic hydroxyl groups is 1. The van der Waals surface area contributed by atoms with Gasteiger partial charge in [-0.25, -0.2) is 0 Å². The van der Waals surface area contributed by atoms with Crippen molar-refractivity contribution in [2.75, 3.05) is 7.11 Å². The topological polar surface area (TPSA) is 46.2 Å². The quantitative estimate of drug-likeness (QED) is 0.775. The summed E-state index contributed by atoms with van der Waals surface area (Å²) in [5.41, 5.74) is 7.94. The molecule has 0 aliphatic carbocycles. The van der Waals surface area contributed by atoms with Gasteiger partial charge in [0.2, 0.25) is 0 Å². The Bertz CT molecular complexity index is 238. The van der Waals surface area contributed by atoms with Crippen LogP contribution in [-0.2, 0) is 6.54 Å². The van der Waals surface area contributed by atoms with Gasteiger partial charge in [0.25, 0.3) is 0 Å². The summed E-state index contributed by atoms with van der Waals surface area (Å²) in [7, 11) is 1.00. The van der Waals surface area contributed by atoms with Crippen molar-refractivity contribution in [3.63, 3.8) is 0 Å². The SMILES string of the molecule is CO.Cc1cc(Br)ccc1CN. The zero-order valence-electron chi connectivity index (χ0n) is 7.34. The minimum absolute atomic E-state index is 0.624. The van der Waals surface area contributed by atoms with E-state index in [1.54, 1.807) is 0 Å². The molecule has 0 spiro atoms. The average molecular weight is 232 g/mol. The molecule has 12 heavy (non-hydrogen) atoms. The van der Waals surface area contributed by atoms with Crippen molar-refractivity contribution in [3.05, 3.63) is 33.8 Å². The van der Waals surface area contributed by atoms with E-state index in [0.29, 0.717) is 6.54 Å². The van der Waals surface area contributed by atoms with Crippen molar-refractivity contribution in [2.24, 2.45) is 5.73 Å². The fraction of sp³-hybridized carbons (Fsp3) is 0.333. The molecule has 1 aromatic carbocycles. The summed E-state index contributed by atoms with van der Waals surface area (Å²) in [4.78, 5) is 0. The molecule has 3 heteroatoms. The van der Waals surface area contributed by atoms with Gasteiger partial charge in [-0.3, -0.25) is 0 Å². The highest BCUT2D eigenvalue weighted by Gasteiger charge is 1.94. The standard InChI is InChI=1S/C8H10BrN.CH4O/c1-6-4-8(9)3-2-7(6)5-10;1-2/h2-4H,5,10H2,1H3;2H,1H3. The molecular weight excluding hydrogens is 218 g/mol. The molecule has 0 unspecified atom stereocenters. The van der Waals surface area contributed by atoms with Crippen molar-refractivity contribution < 1.29 is 5.11 Å². The first-order chi connectivity index (χ1) is 5.74. The van der Waals surface area contributed by atoms with E-state index in [4.69, 9.17) is 10.8 Å². The van der Waals surface area contributed by atoms with Crippen LogP contribution in [-0.4, -0.2) is 12.2 Å². The van der Waals surface area contributed by atoms with Crippen LogP contribution >= 0.6 is 15.9 Å². The number of aryl methyl sites for hydroxylation is 1. The molecule has 1 rings (SSSR count). The Hall–Kier alpha value is -0.380. The summed E-state index contributed by atoms with van der Waals surface area (Å²) in [5, 5.41) is 7.00. The van der Waals surface area contributed by atoms with Crippen LogP contribution in [0.5, 0.6) is 0 Å². The second-order valence-corrected chi connectivity index (χ2v) is 3.19. The predicted octanol–water partition coefficient (Wildman–Crippen LogP) is 1.82. The van der Waals surface area contributed by atoms with E-state index in [1.165, 1.54) is 11.1 Å². The van der Waals surface area contributed by atoms with Gasteiger partial charge in [0.1, 0.15) is 0 Å². The maximum atomic E-state index is 7.00. The molecule has 0 amide bonds. The normalized spacial score (nSPS) is 8.75. The fourth-order valence-electron chi connectivity index (χ4n) is 0.888. The highest BCUT2D eigenvalue weighted by molar-refractivity contribution is 9.10. The van der Waals surface area contributed by atoms with Crippen LogP contribution in [0.2, 0.25) is 0 Å². The minimum Gasteiger partial charge on any atom is -0.400 e. The molecule has 0 bridgehead atoms. The lowest BCUT2D eigenvalue weighted by molar-refractivity contribution is 0.399. The second-order valence-electron chi connectivity index (χ2n) is 2.27. The molecule has 0 fully saturated rings. The van der Waals surface area contributed by atoms with Gasteiger partial charge in [-0.05, 0) is 30.2 Å². The lowest BCUT2D eigenvalue weighted by atomic mass is 10.1. The number of nitrogens with two attached hydrogens (primary N) is 1. The second kappa shape index (κ2) is 6.17. The van der Waals surface area contributed by atoms with Crippen LogP contribution in [0, 0.1) is 6.92 Å². The summed E-state index contributed by atoms with van der Waals surface area (Å²) in [6, 6.07) is 6.12. The minimum atomic E-state index is 0.624. The molecular formula is C9H14BrNO. The van der Waals surface area contributed by atoms with E-state index in [9.17, 15) is 0 Å². The number of aliphatic hydroxyl groups excluding tert-OH is 1. The monoisotopic (exact) mass is 231 g/mol. The lowest BCUT2D eigenvalue weighted by Gasteiger charge is -2.01. The van der Waals surface area contributed by atoms with Gasteiger partial charge in [0.05, 0.1) is 0 Å². The van der Waals surface area contributed by atoms with Crippen molar-refractivity contribution >= 4 is 15.9 Å². The molecule has 0 saturated heterocycles. The first-order valence-electron chi connectivity index (χ1n) is 3.64. The number of rotatable bonds is 1. The Morgan fingerprint density at radius 3 is 2.42 bits per heavy atom. The van der Waals surface area contributed by atoms with E-state index in [1.807, 2.05) is 12.1 Å². The molecule has 2 nitrogen and oxygen atoms in total. The third-order valence-corrected chi connectivity index (χ3v) is 2.02. The molecule has 0 heterocycles. The predicted molar refractivity (Wildman–Crippen MR) is 54.9 cm³/mol. The summed E-state index contributed by atoms with van der Waals surface area (Å²) in [6.07, 6.45) is 0. The van der Waals surface area contributed by atoms with E-state index in [0.717, 1.165) is 11.6 Å². The van der Waals surface area contributed by atoms with Gasteiger partial charge in [0, 0.05) is 18.1 Å². The molecule has 3 N–H and O–H groups in total. The lowest BCUT2D eigenvalue weighted by Crippen LogP contribution is -1.98. The third kappa shape index (κ3) is 3.34. The maximum Gasteiger partial charge on any atom is 0.0319 e. The highest BCUT2D eigenvalue weighted by atomic mass is 79.9. The fourth-order valence-corrected chi connectivity index (χ4v) is 1.36. The third-order valence-electron chi connectivity index (χ3n) is 1.52. The molecule has 1 aromatic rings.